The molecule has 134 valence electrons. The molecule has 0 spiro atoms. The van der Waals surface area contributed by atoms with Gasteiger partial charge in [-0.25, -0.2) is 0 Å². The first-order valence-electron chi connectivity index (χ1n) is 7.66. The van der Waals surface area contributed by atoms with E-state index in [4.69, 9.17) is 4.42 Å². The van der Waals surface area contributed by atoms with Gasteiger partial charge in [0.1, 0.15) is 17.0 Å². The minimum atomic E-state index is -1.01. The Labute approximate surface area is 148 Å². The Morgan fingerprint density at radius 3 is 2.15 bits per heavy atom. The van der Waals surface area contributed by atoms with Crippen LogP contribution in [0.25, 0.3) is 23.1 Å². The number of aromatic hydroxyl groups is 5. The predicted octanol–water partition coefficient (Wildman–Crippen LogP) is 4.38. The van der Waals surface area contributed by atoms with E-state index in [-0.39, 0.29) is 5.69 Å². The lowest BCUT2D eigenvalue weighted by molar-refractivity contribution is 0.330. The quantitative estimate of drug-likeness (QED) is 0.303. The standard InChI is InChI=1S/C19H17NO6/c1-3-5-10-11-8-9(6-7-13(11)26-12(10)4-2)20-14-15(21)17(23)19(25)18(24)16(14)22/h3-8,20-25H,2H2,1H3/b5-3-. The summed E-state index contributed by atoms with van der Waals surface area (Å²) >= 11 is 0. The van der Waals surface area contributed by atoms with Crippen molar-refractivity contribution in [3.05, 3.63) is 42.2 Å². The minimum absolute atomic E-state index is 0.350. The topological polar surface area (TPSA) is 126 Å². The molecule has 0 aliphatic carbocycles. The van der Waals surface area contributed by atoms with Crippen molar-refractivity contribution in [2.75, 3.05) is 5.32 Å². The van der Waals surface area contributed by atoms with Gasteiger partial charge in [0.2, 0.25) is 17.2 Å². The van der Waals surface area contributed by atoms with Crippen molar-refractivity contribution < 1.29 is 29.9 Å². The zero-order valence-corrected chi connectivity index (χ0v) is 13.8. The fourth-order valence-electron chi connectivity index (χ4n) is 2.65. The van der Waals surface area contributed by atoms with Crippen molar-refractivity contribution in [3.8, 4) is 28.7 Å². The zero-order chi connectivity index (χ0) is 19.0. The van der Waals surface area contributed by atoms with Gasteiger partial charge in [0.15, 0.2) is 11.5 Å². The largest absolute Gasteiger partial charge is 0.503 e. The monoisotopic (exact) mass is 355 g/mol. The molecule has 0 radical (unpaired) electrons. The highest BCUT2D eigenvalue weighted by Crippen LogP contribution is 2.54. The van der Waals surface area contributed by atoms with Gasteiger partial charge in [0, 0.05) is 16.6 Å². The highest BCUT2D eigenvalue weighted by Gasteiger charge is 2.23. The lowest BCUT2D eigenvalue weighted by Gasteiger charge is -2.14. The molecule has 1 aromatic heterocycles. The van der Waals surface area contributed by atoms with E-state index < -0.39 is 28.7 Å². The summed E-state index contributed by atoms with van der Waals surface area (Å²) in [5, 5.41) is 52.1. The van der Waals surface area contributed by atoms with Crippen LogP contribution < -0.4 is 5.32 Å². The Bertz CT molecular complexity index is 1020. The third-order valence-corrected chi connectivity index (χ3v) is 3.91. The molecule has 0 atom stereocenters. The summed E-state index contributed by atoms with van der Waals surface area (Å²) in [5.41, 5.74) is 1.52. The molecule has 0 saturated carbocycles. The van der Waals surface area contributed by atoms with Gasteiger partial charge in [-0.05, 0) is 31.2 Å². The average Bonchev–Trinajstić information content (AvgIpc) is 2.99. The van der Waals surface area contributed by atoms with Crippen LogP contribution in [0.1, 0.15) is 18.2 Å². The minimum Gasteiger partial charge on any atom is -0.503 e. The molecule has 0 bridgehead atoms. The lowest BCUT2D eigenvalue weighted by atomic mass is 10.1. The van der Waals surface area contributed by atoms with Crippen molar-refractivity contribution >= 4 is 34.5 Å². The Balaban J connectivity index is 2.14. The SMILES string of the molecule is C=Cc1oc2ccc(Nc3c(O)c(O)c(O)c(O)c3O)cc2c1/C=C\C. The third kappa shape index (κ3) is 2.55. The van der Waals surface area contributed by atoms with Gasteiger partial charge < -0.3 is 35.3 Å². The van der Waals surface area contributed by atoms with E-state index in [2.05, 4.69) is 11.9 Å². The predicted molar refractivity (Wildman–Crippen MR) is 99.1 cm³/mol. The van der Waals surface area contributed by atoms with Crippen molar-refractivity contribution in [1.82, 2.24) is 0 Å². The molecule has 0 amide bonds. The Morgan fingerprint density at radius 2 is 1.58 bits per heavy atom. The molecule has 3 aromatic rings. The van der Waals surface area contributed by atoms with Crippen LogP contribution in [0.3, 0.4) is 0 Å². The van der Waals surface area contributed by atoms with E-state index in [0.717, 1.165) is 10.9 Å². The maximum absolute atomic E-state index is 9.95. The first-order chi connectivity index (χ1) is 12.4. The van der Waals surface area contributed by atoms with Gasteiger partial charge in [0.25, 0.3) is 0 Å². The summed E-state index contributed by atoms with van der Waals surface area (Å²) in [6.07, 6.45) is 5.31. The summed E-state index contributed by atoms with van der Waals surface area (Å²) in [5.74, 6) is -3.91. The molecular weight excluding hydrogens is 338 g/mol. The number of anilines is 2. The molecule has 2 aromatic carbocycles. The fraction of sp³-hybridized carbons (Fsp3) is 0.0526. The summed E-state index contributed by atoms with van der Waals surface area (Å²) in [4.78, 5) is 0. The van der Waals surface area contributed by atoms with Crippen LogP contribution in [-0.2, 0) is 0 Å². The molecule has 0 aliphatic heterocycles. The number of phenolic OH excluding ortho intramolecular Hbond substituents is 5. The number of allylic oxidation sites excluding steroid dienone is 1. The summed E-state index contributed by atoms with van der Waals surface area (Å²) in [6.45, 7) is 5.59. The highest BCUT2D eigenvalue weighted by molar-refractivity contribution is 5.94. The van der Waals surface area contributed by atoms with Crippen LogP contribution in [0.2, 0.25) is 0 Å². The summed E-state index contributed by atoms with van der Waals surface area (Å²) in [6, 6.07) is 5.02. The van der Waals surface area contributed by atoms with Gasteiger partial charge in [-0.15, -0.1) is 0 Å². The number of hydrogen-bond donors (Lipinski definition) is 6. The van der Waals surface area contributed by atoms with E-state index in [0.29, 0.717) is 17.0 Å². The highest BCUT2D eigenvalue weighted by atomic mass is 16.4. The van der Waals surface area contributed by atoms with Gasteiger partial charge in [0.05, 0.1) is 0 Å². The van der Waals surface area contributed by atoms with E-state index in [9.17, 15) is 25.5 Å². The normalized spacial score (nSPS) is 11.3. The van der Waals surface area contributed by atoms with Gasteiger partial charge in [-0.3, -0.25) is 0 Å². The molecule has 3 rings (SSSR count). The van der Waals surface area contributed by atoms with Crippen molar-refractivity contribution in [1.29, 1.82) is 0 Å². The molecular formula is C19H17NO6. The summed E-state index contributed by atoms with van der Waals surface area (Å²) < 4.78 is 5.70. The fourth-order valence-corrected chi connectivity index (χ4v) is 2.65. The molecule has 0 unspecified atom stereocenters. The molecule has 0 fully saturated rings. The Hall–Kier alpha value is -3.74. The lowest BCUT2D eigenvalue weighted by Crippen LogP contribution is -1.92. The van der Waals surface area contributed by atoms with Crippen molar-refractivity contribution in [2.24, 2.45) is 0 Å². The van der Waals surface area contributed by atoms with Crippen LogP contribution in [0.4, 0.5) is 11.4 Å². The molecule has 0 saturated heterocycles. The third-order valence-electron chi connectivity index (χ3n) is 3.91. The summed E-state index contributed by atoms with van der Waals surface area (Å²) in [7, 11) is 0. The zero-order valence-electron chi connectivity index (χ0n) is 13.8. The Kier molecular flexibility index (Phi) is 4.13. The Morgan fingerprint density at radius 1 is 0.962 bits per heavy atom. The smallest absolute Gasteiger partial charge is 0.208 e. The van der Waals surface area contributed by atoms with E-state index in [1.54, 1.807) is 24.3 Å². The van der Waals surface area contributed by atoms with Gasteiger partial charge >= 0.3 is 0 Å². The van der Waals surface area contributed by atoms with Gasteiger partial charge in [-0.2, -0.15) is 0 Å². The number of phenols is 5. The molecule has 7 nitrogen and oxygen atoms in total. The van der Waals surface area contributed by atoms with Crippen LogP contribution in [-0.4, -0.2) is 25.5 Å². The van der Waals surface area contributed by atoms with Crippen molar-refractivity contribution in [3.63, 3.8) is 0 Å². The van der Waals surface area contributed by atoms with Crippen LogP contribution in [0, 0.1) is 0 Å². The molecule has 26 heavy (non-hydrogen) atoms. The number of benzene rings is 2. The maximum Gasteiger partial charge on any atom is 0.208 e. The van der Waals surface area contributed by atoms with Crippen molar-refractivity contribution in [2.45, 2.75) is 6.92 Å². The second kappa shape index (κ2) is 6.29. The van der Waals surface area contributed by atoms with E-state index in [1.165, 1.54) is 0 Å². The average molecular weight is 355 g/mol. The van der Waals surface area contributed by atoms with E-state index in [1.807, 2.05) is 19.1 Å². The van der Waals surface area contributed by atoms with Crippen LogP contribution in [0.15, 0.2) is 35.3 Å². The number of nitrogens with one attached hydrogen (secondary N) is 1. The second-order valence-corrected chi connectivity index (χ2v) is 5.54. The number of hydrogen-bond acceptors (Lipinski definition) is 7. The first kappa shape index (κ1) is 17.1. The first-order valence-corrected chi connectivity index (χ1v) is 7.66. The second-order valence-electron chi connectivity index (χ2n) is 5.54. The maximum atomic E-state index is 9.95. The van der Waals surface area contributed by atoms with Gasteiger partial charge in [-0.1, -0.05) is 18.7 Å². The molecule has 6 N–H and O–H groups in total. The molecule has 7 heteroatoms. The van der Waals surface area contributed by atoms with Crippen LogP contribution >= 0.6 is 0 Å². The number of furan rings is 1. The molecule has 0 aliphatic rings. The van der Waals surface area contributed by atoms with E-state index >= 15 is 0 Å². The van der Waals surface area contributed by atoms with Crippen LogP contribution in [0.5, 0.6) is 28.7 Å². The number of rotatable bonds is 4. The molecule has 1 heterocycles. The number of fused-ring (bicyclic) bond motifs is 1.